The van der Waals surface area contributed by atoms with E-state index in [2.05, 4.69) is 52.0 Å². The zero-order chi connectivity index (χ0) is 10.6. The van der Waals surface area contributed by atoms with Gasteiger partial charge in [0.05, 0.1) is 0 Å². The highest BCUT2D eigenvalue weighted by atomic mass is 32.2. The summed E-state index contributed by atoms with van der Waals surface area (Å²) < 4.78 is 0. The van der Waals surface area contributed by atoms with Crippen molar-refractivity contribution in [3.05, 3.63) is 29.8 Å². The second-order valence-corrected chi connectivity index (χ2v) is 6.14. The molecule has 1 aromatic carbocycles. The minimum absolute atomic E-state index is 0.456. The maximum absolute atomic E-state index is 2.29. The van der Waals surface area contributed by atoms with Gasteiger partial charge in [0.1, 0.15) is 0 Å². The van der Waals surface area contributed by atoms with E-state index < -0.39 is 0 Å². The second kappa shape index (κ2) is 4.88. The van der Waals surface area contributed by atoms with Gasteiger partial charge < -0.3 is 0 Å². The van der Waals surface area contributed by atoms with E-state index in [0.717, 1.165) is 0 Å². The van der Waals surface area contributed by atoms with Crippen molar-refractivity contribution in [1.82, 2.24) is 0 Å². The number of aryl methyl sites for hydroxylation is 1. The van der Waals surface area contributed by atoms with Crippen LogP contribution in [-0.2, 0) is 0 Å². The average molecular weight is 208 g/mol. The summed E-state index contributed by atoms with van der Waals surface area (Å²) in [4.78, 5) is 1.39. The molecule has 1 aromatic rings. The summed E-state index contributed by atoms with van der Waals surface area (Å²) in [5.74, 6) is 1.21. The van der Waals surface area contributed by atoms with Crippen molar-refractivity contribution in [2.24, 2.45) is 5.41 Å². The van der Waals surface area contributed by atoms with Crippen molar-refractivity contribution >= 4 is 11.8 Å². The summed E-state index contributed by atoms with van der Waals surface area (Å²) in [7, 11) is 0. The first-order chi connectivity index (χ1) is 6.47. The van der Waals surface area contributed by atoms with E-state index in [0.29, 0.717) is 5.41 Å². The minimum Gasteiger partial charge on any atom is -0.126 e. The third kappa shape index (κ3) is 4.71. The van der Waals surface area contributed by atoms with Crippen molar-refractivity contribution in [3.8, 4) is 0 Å². The van der Waals surface area contributed by atoms with Crippen molar-refractivity contribution in [1.29, 1.82) is 0 Å². The Hall–Kier alpha value is -0.430. The van der Waals surface area contributed by atoms with Crippen LogP contribution < -0.4 is 0 Å². The van der Waals surface area contributed by atoms with Crippen molar-refractivity contribution < 1.29 is 0 Å². The molecule has 0 aliphatic carbocycles. The molecule has 0 radical (unpaired) electrons. The third-order valence-electron chi connectivity index (χ3n) is 2.14. The fourth-order valence-corrected chi connectivity index (χ4v) is 2.39. The molecule has 0 aliphatic rings. The largest absolute Gasteiger partial charge is 0.126 e. The molecule has 0 fully saturated rings. The Balaban J connectivity index is 2.35. The number of rotatable bonds is 3. The standard InChI is InChI=1S/C13H20S/c1-11-5-7-12(8-6-11)14-10-9-13(2,3)4/h5-8H,9-10H2,1-4H3. The first kappa shape index (κ1) is 11.6. The Bertz CT molecular complexity index is 266. The van der Waals surface area contributed by atoms with Gasteiger partial charge >= 0.3 is 0 Å². The molecule has 0 aromatic heterocycles. The van der Waals surface area contributed by atoms with E-state index in [1.165, 1.54) is 22.6 Å². The topological polar surface area (TPSA) is 0 Å². The van der Waals surface area contributed by atoms with Crippen LogP contribution in [0.2, 0.25) is 0 Å². The molecule has 14 heavy (non-hydrogen) atoms. The van der Waals surface area contributed by atoms with Gasteiger partial charge in [0.2, 0.25) is 0 Å². The summed E-state index contributed by atoms with van der Waals surface area (Å²) in [6, 6.07) is 8.78. The molecular weight excluding hydrogens is 188 g/mol. The van der Waals surface area contributed by atoms with E-state index in [1.54, 1.807) is 0 Å². The summed E-state index contributed by atoms with van der Waals surface area (Å²) in [6.45, 7) is 9.01. The highest BCUT2D eigenvalue weighted by molar-refractivity contribution is 7.99. The zero-order valence-electron chi connectivity index (χ0n) is 9.63. The molecule has 1 rings (SSSR count). The summed E-state index contributed by atoms with van der Waals surface area (Å²) in [5, 5.41) is 0. The van der Waals surface area contributed by atoms with Crippen LogP contribution in [0.1, 0.15) is 32.8 Å². The molecule has 0 heterocycles. The van der Waals surface area contributed by atoms with E-state index in [9.17, 15) is 0 Å². The van der Waals surface area contributed by atoms with Crippen LogP contribution in [0.4, 0.5) is 0 Å². The monoisotopic (exact) mass is 208 g/mol. The Kier molecular flexibility index (Phi) is 4.06. The number of hydrogen-bond acceptors (Lipinski definition) is 1. The first-order valence-electron chi connectivity index (χ1n) is 5.17. The molecule has 0 bridgehead atoms. The van der Waals surface area contributed by atoms with E-state index >= 15 is 0 Å². The Labute approximate surface area is 92.1 Å². The highest BCUT2D eigenvalue weighted by Gasteiger charge is 2.09. The number of thioether (sulfide) groups is 1. The van der Waals surface area contributed by atoms with Gasteiger partial charge in [-0.1, -0.05) is 38.5 Å². The zero-order valence-corrected chi connectivity index (χ0v) is 10.4. The molecule has 0 aliphatic heterocycles. The lowest BCUT2D eigenvalue weighted by Gasteiger charge is -2.17. The quantitative estimate of drug-likeness (QED) is 0.658. The smallest absolute Gasteiger partial charge is 0.00721 e. The molecule has 0 spiro atoms. The molecule has 0 atom stereocenters. The van der Waals surface area contributed by atoms with Crippen LogP contribution in [-0.4, -0.2) is 5.75 Å². The van der Waals surface area contributed by atoms with Crippen LogP contribution >= 0.6 is 11.8 Å². The van der Waals surface area contributed by atoms with Gasteiger partial charge in [-0.3, -0.25) is 0 Å². The van der Waals surface area contributed by atoms with Crippen molar-refractivity contribution in [2.45, 2.75) is 39.0 Å². The maximum Gasteiger partial charge on any atom is 0.00721 e. The molecule has 0 nitrogen and oxygen atoms in total. The third-order valence-corrected chi connectivity index (χ3v) is 3.16. The van der Waals surface area contributed by atoms with Gasteiger partial charge in [-0.05, 0) is 36.6 Å². The normalized spacial score (nSPS) is 11.7. The SMILES string of the molecule is Cc1ccc(SCCC(C)(C)C)cc1. The fraction of sp³-hybridized carbons (Fsp3) is 0.538. The van der Waals surface area contributed by atoms with Crippen LogP contribution in [0.3, 0.4) is 0 Å². The highest BCUT2D eigenvalue weighted by Crippen LogP contribution is 2.25. The molecule has 0 saturated carbocycles. The summed E-state index contributed by atoms with van der Waals surface area (Å²) in [5.41, 5.74) is 1.79. The molecule has 1 heteroatoms. The second-order valence-electron chi connectivity index (χ2n) is 4.97. The molecule has 78 valence electrons. The van der Waals surface area contributed by atoms with Gasteiger partial charge in [0, 0.05) is 4.90 Å². The molecular formula is C13H20S. The van der Waals surface area contributed by atoms with Crippen LogP contribution in [0, 0.1) is 12.3 Å². The maximum atomic E-state index is 2.29. The van der Waals surface area contributed by atoms with Gasteiger partial charge in [-0.25, -0.2) is 0 Å². The molecule has 0 N–H and O–H groups in total. The number of benzene rings is 1. The summed E-state index contributed by atoms with van der Waals surface area (Å²) in [6.07, 6.45) is 1.27. The predicted octanol–water partition coefficient (Wildman–Crippen LogP) is 4.52. The van der Waals surface area contributed by atoms with Crippen LogP contribution in [0.15, 0.2) is 29.2 Å². The molecule has 0 saturated heterocycles. The summed E-state index contributed by atoms with van der Waals surface area (Å²) >= 11 is 1.96. The fourth-order valence-electron chi connectivity index (χ4n) is 1.11. The Morgan fingerprint density at radius 1 is 1.07 bits per heavy atom. The first-order valence-corrected chi connectivity index (χ1v) is 6.15. The van der Waals surface area contributed by atoms with E-state index in [1.807, 2.05) is 11.8 Å². The lowest BCUT2D eigenvalue weighted by Crippen LogP contribution is -2.05. The average Bonchev–Trinajstić information content (AvgIpc) is 2.06. The van der Waals surface area contributed by atoms with E-state index in [-0.39, 0.29) is 0 Å². The lowest BCUT2D eigenvalue weighted by atomic mass is 9.94. The van der Waals surface area contributed by atoms with Gasteiger partial charge in [-0.2, -0.15) is 0 Å². The van der Waals surface area contributed by atoms with Gasteiger partial charge in [0.25, 0.3) is 0 Å². The lowest BCUT2D eigenvalue weighted by molar-refractivity contribution is 0.401. The molecule has 0 amide bonds. The van der Waals surface area contributed by atoms with Crippen molar-refractivity contribution in [2.75, 3.05) is 5.75 Å². The van der Waals surface area contributed by atoms with Gasteiger partial charge in [-0.15, -0.1) is 11.8 Å². The Morgan fingerprint density at radius 3 is 2.14 bits per heavy atom. The van der Waals surface area contributed by atoms with Crippen molar-refractivity contribution in [3.63, 3.8) is 0 Å². The Morgan fingerprint density at radius 2 is 1.64 bits per heavy atom. The predicted molar refractivity (Wildman–Crippen MR) is 66.0 cm³/mol. The number of hydrogen-bond donors (Lipinski definition) is 0. The molecule has 0 unspecified atom stereocenters. The van der Waals surface area contributed by atoms with Crippen LogP contribution in [0.5, 0.6) is 0 Å². The minimum atomic E-state index is 0.456. The van der Waals surface area contributed by atoms with E-state index in [4.69, 9.17) is 0 Å². The van der Waals surface area contributed by atoms with Gasteiger partial charge in [0.15, 0.2) is 0 Å². The van der Waals surface area contributed by atoms with Crippen LogP contribution in [0.25, 0.3) is 0 Å².